The summed E-state index contributed by atoms with van der Waals surface area (Å²) in [6.45, 7) is 13.5. The summed E-state index contributed by atoms with van der Waals surface area (Å²) in [5.41, 5.74) is 2.75. The molecule has 2 heterocycles. The van der Waals surface area contributed by atoms with E-state index in [2.05, 4.69) is 109 Å². The number of nitrogens with one attached hydrogen (secondary N) is 2. The van der Waals surface area contributed by atoms with Crippen LogP contribution < -0.4 is 15.5 Å². The van der Waals surface area contributed by atoms with Crippen LogP contribution in [0.3, 0.4) is 0 Å². The largest absolute Gasteiger partial charge is 0.351 e. The first-order chi connectivity index (χ1) is 17.3. The SMILES string of the molecule is C=CCNc1nc(NCC=C)nc(N2CCN(CCC(c3ccccc3)c3ccccc3)CC2)n1. The molecule has 1 aliphatic rings. The fraction of sp³-hybridized carbons (Fsp3) is 0.321. The number of benzene rings is 2. The van der Waals surface area contributed by atoms with E-state index in [0.29, 0.717) is 36.9 Å². The summed E-state index contributed by atoms with van der Waals surface area (Å²) in [6.07, 6.45) is 4.67. The van der Waals surface area contributed by atoms with Crippen LogP contribution >= 0.6 is 0 Å². The third-order valence-electron chi connectivity index (χ3n) is 6.23. The van der Waals surface area contributed by atoms with Crippen molar-refractivity contribution in [1.82, 2.24) is 19.9 Å². The Bertz CT molecular complexity index is 993. The highest BCUT2D eigenvalue weighted by Crippen LogP contribution is 2.28. The van der Waals surface area contributed by atoms with Gasteiger partial charge in [0.15, 0.2) is 0 Å². The molecule has 0 saturated carbocycles. The maximum atomic E-state index is 4.64. The summed E-state index contributed by atoms with van der Waals surface area (Å²) >= 11 is 0. The van der Waals surface area contributed by atoms with Gasteiger partial charge in [0.05, 0.1) is 0 Å². The fourth-order valence-corrected chi connectivity index (χ4v) is 4.37. The third kappa shape index (κ3) is 6.90. The van der Waals surface area contributed by atoms with Gasteiger partial charge in [-0.05, 0) is 24.1 Å². The van der Waals surface area contributed by atoms with E-state index >= 15 is 0 Å². The van der Waals surface area contributed by atoms with E-state index in [4.69, 9.17) is 0 Å². The minimum Gasteiger partial charge on any atom is -0.351 e. The van der Waals surface area contributed by atoms with E-state index in [-0.39, 0.29) is 0 Å². The predicted octanol–water partition coefficient (Wildman–Crippen LogP) is 4.41. The molecule has 2 N–H and O–H groups in total. The normalized spacial score (nSPS) is 14.0. The molecule has 4 rings (SSSR count). The summed E-state index contributed by atoms with van der Waals surface area (Å²) in [6, 6.07) is 21.7. The summed E-state index contributed by atoms with van der Waals surface area (Å²) in [4.78, 5) is 18.5. The average molecular weight is 470 g/mol. The third-order valence-corrected chi connectivity index (χ3v) is 6.23. The van der Waals surface area contributed by atoms with Crippen LogP contribution in [-0.2, 0) is 0 Å². The lowest BCUT2D eigenvalue weighted by atomic mass is 9.88. The van der Waals surface area contributed by atoms with Crippen LogP contribution in [0, 0.1) is 0 Å². The zero-order valence-corrected chi connectivity index (χ0v) is 20.3. The standard InChI is InChI=1S/C28H35N7/c1-3-16-29-26-31-27(30-17-4-2)33-28(32-26)35-21-19-34(20-22-35)18-15-25(23-11-7-5-8-12-23)24-13-9-6-10-14-24/h3-14,25H,1-2,15-22H2,(H2,29,30,31,32,33). The highest BCUT2D eigenvalue weighted by Gasteiger charge is 2.22. The summed E-state index contributed by atoms with van der Waals surface area (Å²) in [5, 5.41) is 6.36. The van der Waals surface area contributed by atoms with Crippen molar-refractivity contribution in [2.75, 3.05) is 61.3 Å². The first kappa shape index (κ1) is 24.4. The Morgan fingerprint density at radius 3 is 1.74 bits per heavy atom. The van der Waals surface area contributed by atoms with Crippen molar-refractivity contribution in [3.05, 3.63) is 97.1 Å². The van der Waals surface area contributed by atoms with E-state index in [0.717, 1.165) is 39.1 Å². The van der Waals surface area contributed by atoms with Gasteiger partial charge in [0.2, 0.25) is 17.8 Å². The lowest BCUT2D eigenvalue weighted by Gasteiger charge is -2.35. The van der Waals surface area contributed by atoms with Crippen LogP contribution in [-0.4, -0.2) is 65.7 Å². The van der Waals surface area contributed by atoms with E-state index < -0.39 is 0 Å². The number of hydrogen-bond acceptors (Lipinski definition) is 7. The number of nitrogens with zero attached hydrogens (tertiary/aromatic N) is 5. The number of rotatable bonds is 12. The van der Waals surface area contributed by atoms with Gasteiger partial charge in [-0.3, -0.25) is 4.90 Å². The van der Waals surface area contributed by atoms with Gasteiger partial charge in [0.1, 0.15) is 0 Å². The number of anilines is 3. The maximum Gasteiger partial charge on any atom is 0.232 e. The average Bonchev–Trinajstić information content (AvgIpc) is 2.92. The molecule has 0 unspecified atom stereocenters. The zero-order valence-electron chi connectivity index (χ0n) is 20.3. The van der Waals surface area contributed by atoms with Gasteiger partial charge in [-0.25, -0.2) is 0 Å². The van der Waals surface area contributed by atoms with Crippen molar-refractivity contribution < 1.29 is 0 Å². The van der Waals surface area contributed by atoms with Gasteiger partial charge < -0.3 is 15.5 Å². The highest BCUT2D eigenvalue weighted by atomic mass is 15.4. The van der Waals surface area contributed by atoms with E-state index in [1.807, 2.05) is 0 Å². The molecule has 0 amide bonds. The molecule has 0 bridgehead atoms. The van der Waals surface area contributed by atoms with Crippen molar-refractivity contribution in [3.8, 4) is 0 Å². The van der Waals surface area contributed by atoms with Crippen molar-refractivity contribution >= 4 is 17.8 Å². The Kier molecular flexibility index (Phi) is 8.84. The quantitative estimate of drug-likeness (QED) is 0.381. The Labute approximate surface area is 208 Å². The van der Waals surface area contributed by atoms with Crippen molar-refractivity contribution in [2.24, 2.45) is 0 Å². The van der Waals surface area contributed by atoms with Crippen LogP contribution in [0.1, 0.15) is 23.5 Å². The lowest BCUT2D eigenvalue weighted by molar-refractivity contribution is 0.250. The van der Waals surface area contributed by atoms with Gasteiger partial charge in [-0.2, -0.15) is 15.0 Å². The Balaban J connectivity index is 1.38. The molecular weight excluding hydrogens is 434 g/mol. The van der Waals surface area contributed by atoms with Gasteiger partial charge in [0, 0.05) is 45.2 Å². The minimum atomic E-state index is 0.399. The van der Waals surface area contributed by atoms with Crippen molar-refractivity contribution in [3.63, 3.8) is 0 Å². The summed E-state index contributed by atoms with van der Waals surface area (Å²) in [7, 11) is 0. The van der Waals surface area contributed by atoms with Gasteiger partial charge in [-0.15, -0.1) is 13.2 Å². The summed E-state index contributed by atoms with van der Waals surface area (Å²) in [5.74, 6) is 2.20. The Morgan fingerprint density at radius 2 is 1.26 bits per heavy atom. The molecule has 0 radical (unpaired) electrons. The second kappa shape index (κ2) is 12.7. The molecule has 182 valence electrons. The van der Waals surface area contributed by atoms with Crippen LogP contribution in [0.5, 0.6) is 0 Å². The molecule has 0 atom stereocenters. The molecule has 1 aliphatic heterocycles. The van der Waals surface area contributed by atoms with Gasteiger partial charge in [-0.1, -0.05) is 72.8 Å². The zero-order chi connectivity index (χ0) is 24.3. The molecule has 0 aliphatic carbocycles. The van der Waals surface area contributed by atoms with Crippen molar-refractivity contribution in [1.29, 1.82) is 0 Å². The predicted molar refractivity (Wildman–Crippen MR) is 145 cm³/mol. The molecule has 1 fully saturated rings. The Morgan fingerprint density at radius 1 is 0.743 bits per heavy atom. The molecule has 1 aromatic heterocycles. The topological polar surface area (TPSA) is 69.2 Å². The first-order valence-corrected chi connectivity index (χ1v) is 12.3. The van der Waals surface area contributed by atoms with Crippen LogP contribution in [0.25, 0.3) is 0 Å². The van der Waals surface area contributed by atoms with Crippen LogP contribution in [0.4, 0.5) is 17.8 Å². The molecule has 3 aromatic rings. The Hall–Kier alpha value is -3.71. The van der Waals surface area contributed by atoms with Crippen LogP contribution in [0.2, 0.25) is 0 Å². The summed E-state index contributed by atoms with van der Waals surface area (Å²) < 4.78 is 0. The number of hydrogen-bond donors (Lipinski definition) is 2. The smallest absolute Gasteiger partial charge is 0.232 e. The molecular formula is C28H35N7. The highest BCUT2D eigenvalue weighted by molar-refractivity contribution is 5.44. The van der Waals surface area contributed by atoms with E-state index in [1.54, 1.807) is 12.2 Å². The second-order valence-corrected chi connectivity index (χ2v) is 8.61. The first-order valence-electron chi connectivity index (χ1n) is 12.3. The van der Waals surface area contributed by atoms with Gasteiger partial charge in [0.25, 0.3) is 0 Å². The monoisotopic (exact) mass is 469 g/mol. The fourth-order valence-electron chi connectivity index (χ4n) is 4.37. The minimum absolute atomic E-state index is 0.399. The van der Waals surface area contributed by atoms with Crippen LogP contribution in [0.15, 0.2) is 86.0 Å². The molecule has 7 nitrogen and oxygen atoms in total. The molecule has 7 heteroatoms. The molecule has 2 aromatic carbocycles. The maximum absolute atomic E-state index is 4.64. The number of piperazine rings is 1. The van der Waals surface area contributed by atoms with Gasteiger partial charge >= 0.3 is 0 Å². The molecule has 0 spiro atoms. The number of aromatic nitrogens is 3. The van der Waals surface area contributed by atoms with E-state index in [1.165, 1.54) is 11.1 Å². The molecule has 35 heavy (non-hydrogen) atoms. The van der Waals surface area contributed by atoms with E-state index in [9.17, 15) is 0 Å². The second-order valence-electron chi connectivity index (χ2n) is 8.61. The lowest BCUT2D eigenvalue weighted by Crippen LogP contribution is -2.47. The van der Waals surface area contributed by atoms with Crippen molar-refractivity contribution in [2.45, 2.75) is 12.3 Å². The molecule has 1 saturated heterocycles.